The molecule has 0 bridgehead atoms. The van der Waals surface area contributed by atoms with Crippen molar-refractivity contribution in [1.82, 2.24) is 19.9 Å². The average Bonchev–Trinajstić information content (AvgIpc) is 3.30. The van der Waals surface area contributed by atoms with Crippen LogP contribution in [0.1, 0.15) is 30.5 Å². The zero-order valence-electron chi connectivity index (χ0n) is 16.7. The Labute approximate surface area is 168 Å². The molecule has 0 amide bonds. The Kier molecular flexibility index (Phi) is 4.94. The first-order chi connectivity index (χ1) is 13.9. The van der Waals surface area contributed by atoms with Gasteiger partial charge in [-0.15, -0.1) is 0 Å². The Hall–Kier alpha value is -3.39. The second-order valence-corrected chi connectivity index (χ2v) is 7.49. The number of hydrogen-bond donors (Lipinski definition) is 0. The Morgan fingerprint density at radius 1 is 1.21 bits per heavy atom. The van der Waals surface area contributed by atoms with Gasteiger partial charge in [0.05, 0.1) is 14.1 Å². The molecule has 1 aromatic carbocycles. The Morgan fingerprint density at radius 3 is 2.83 bits per heavy atom. The molecule has 1 aliphatic heterocycles. The molecule has 29 heavy (non-hydrogen) atoms. The van der Waals surface area contributed by atoms with Crippen LogP contribution in [0.4, 0.5) is 0 Å². The summed E-state index contributed by atoms with van der Waals surface area (Å²) in [7, 11) is 3.92. The van der Waals surface area contributed by atoms with Gasteiger partial charge in [-0.2, -0.15) is 14.7 Å². The maximum absolute atomic E-state index is 12.4. The SMILES string of the molecule is CCCc1nc(-c2cccc(Cc3nn(C4=C[N+](C)(C)N=C4)ccc3=O)c2)no1. The molecule has 1 aliphatic rings. The first-order valence-electron chi connectivity index (χ1n) is 9.57. The number of aromatic nitrogens is 4. The lowest BCUT2D eigenvalue weighted by Crippen LogP contribution is -2.23. The van der Waals surface area contributed by atoms with Crippen molar-refractivity contribution in [3.8, 4) is 11.4 Å². The molecule has 8 nitrogen and oxygen atoms in total. The lowest BCUT2D eigenvalue weighted by Gasteiger charge is -2.11. The molecule has 0 saturated heterocycles. The van der Waals surface area contributed by atoms with Gasteiger partial charge in [0.15, 0.2) is 0 Å². The van der Waals surface area contributed by atoms with Crippen molar-refractivity contribution in [2.75, 3.05) is 14.1 Å². The standard InChI is InChI=1S/C21H23N6O2/c1-4-6-20-23-21(25-29-20)16-8-5-7-15(11-16)12-18-19(28)9-10-26(24-18)17-13-22-27(2,3)14-17/h5,7-11,13-14H,4,6,12H2,1-3H3/q+1. The highest BCUT2D eigenvalue weighted by Crippen LogP contribution is 2.19. The highest BCUT2D eigenvalue weighted by Gasteiger charge is 2.20. The molecule has 2 aromatic heterocycles. The molecular formula is C21H23N6O2+. The van der Waals surface area contributed by atoms with E-state index in [0.717, 1.165) is 29.7 Å². The summed E-state index contributed by atoms with van der Waals surface area (Å²) < 4.78 is 7.36. The van der Waals surface area contributed by atoms with Crippen molar-refractivity contribution < 1.29 is 9.12 Å². The van der Waals surface area contributed by atoms with Crippen LogP contribution in [0.2, 0.25) is 0 Å². The molecule has 3 aromatic rings. The van der Waals surface area contributed by atoms with Gasteiger partial charge in [0.1, 0.15) is 23.8 Å². The van der Waals surface area contributed by atoms with E-state index in [1.807, 2.05) is 44.6 Å². The zero-order valence-corrected chi connectivity index (χ0v) is 16.7. The van der Waals surface area contributed by atoms with E-state index < -0.39 is 0 Å². The van der Waals surface area contributed by atoms with E-state index in [0.29, 0.717) is 28.4 Å². The van der Waals surface area contributed by atoms with E-state index in [9.17, 15) is 4.79 Å². The lowest BCUT2D eigenvalue weighted by molar-refractivity contribution is -0.842. The molecular weight excluding hydrogens is 368 g/mol. The number of allylic oxidation sites excluding steroid dienone is 1. The zero-order chi connectivity index (χ0) is 20.4. The molecule has 0 atom stereocenters. The highest BCUT2D eigenvalue weighted by molar-refractivity contribution is 6.02. The number of benzene rings is 1. The fourth-order valence-corrected chi connectivity index (χ4v) is 3.13. The first kappa shape index (κ1) is 18.9. The fourth-order valence-electron chi connectivity index (χ4n) is 3.13. The van der Waals surface area contributed by atoms with Crippen LogP contribution in [0.3, 0.4) is 0 Å². The summed E-state index contributed by atoms with van der Waals surface area (Å²) in [6, 6.07) is 9.32. The van der Waals surface area contributed by atoms with Crippen molar-refractivity contribution in [3.05, 3.63) is 70.1 Å². The minimum Gasteiger partial charge on any atom is -0.339 e. The van der Waals surface area contributed by atoms with Gasteiger partial charge in [-0.3, -0.25) is 4.79 Å². The maximum Gasteiger partial charge on any atom is 0.226 e. The Bertz CT molecular complexity index is 1160. The van der Waals surface area contributed by atoms with Gasteiger partial charge >= 0.3 is 0 Å². The van der Waals surface area contributed by atoms with Gasteiger partial charge in [-0.05, 0) is 18.1 Å². The third kappa shape index (κ3) is 4.22. The second-order valence-electron chi connectivity index (χ2n) is 7.49. The number of nitrogens with zero attached hydrogens (tertiary/aromatic N) is 6. The van der Waals surface area contributed by atoms with Crippen LogP contribution >= 0.6 is 0 Å². The van der Waals surface area contributed by atoms with Crippen LogP contribution in [0.15, 0.2) is 57.1 Å². The summed E-state index contributed by atoms with van der Waals surface area (Å²) in [6.45, 7) is 2.07. The molecule has 8 heteroatoms. The summed E-state index contributed by atoms with van der Waals surface area (Å²) >= 11 is 0. The predicted molar refractivity (Wildman–Crippen MR) is 110 cm³/mol. The molecule has 4 rings (SSSR count). The van der Waals surface area contributed by atoms with E-state index in [1.165, 1.54) is 6.07 Å². The van der Waals surface area contributed by atoms with Crippen LogP contribution in [-0.2, 0) is 12.8 Å². The van der Waals surface area contributed by atoms with E-state index >= 15 is 0 Å². The normalized spacial score (nSPS) is 14.9. The molecule has 0 fully saturated rings. The van der Waals surface area contributed by atoms with Gasteiger partial charge in [-0.1, -0.05) is 35.4 Å². The van der Waals surface area contributed by atoms with Gasteiger partial charge in [0.2, 0.25) is 17.1 Å². The third-order valence-electron chi connectivity index (χ3n) is 4.57. The van der Waals surface area contributed by atoms with Gasteiger partial charge in [-0.25, -0.2) is 4.68 Å². The van der Waals surface area contributed by atoms with Gasteiger partial charge < -0.3 is 4.52 Å². The molecule has 0 spiro atoms. The van der Waals surface area contributed by atoms with E-state index in [-0.39, 0.29) is 5.43 Å². The Morgan fingerprint density at radius 2 is 2.07 bits per heavy atom. The number of rotatable bonds is 6. The van der Waals surface area contributed by atoms with E-state index in [1.54, 1.807) is 17.1 Å². The quantitative estimate of drug-likeness (QED) is 0.603. The van der Waals surface area contributed by atoms with Crippen LogP contribution in [-0.4, -0.2) is 44.8 Å². The monoisotopic (exact) mass is 391 g/mol. The smallest absolute Gasteiger partial charge is 0.226 e. The fraction of sp³-hybridized carbons (Fsp3) is 0.286. The summed E-state index contributed by atoms with van der Waals surface area (Å²) in [5.74, 6) is 1.19. The number of hydrogen-bond acceptors (Lipinski definition) is 6. The molecule has 3 heterocycles. The Balaban J connectivity index is 1.60. The topological polar surface area (TPSA) is 86.2 Å². The summed E-state index contributed by atoms with van der Waals surface area (Å²) in [6.07, 6.45) is 7.51. The van der Waals surface area contributed by atoms with Crippen molar-refractivity contribution >= 4 is 11.9 Å². The minimum atomic E-state index is -0.0965. The van der Waals surface area contributed by atoms with E-state index in [2.05, 4.69) is 27.3 Å². The second kappa shape index (κ2) is 7.56. The predicted octanol–water partition coefficient (Wildman–Crippen LogP) is 2.71. The molecule has 0 saturated carbocycles. The lowest BCUT2D eigenvalue weighted by atomic mass is 10.1. The van der Waals surface area contributed by atoms with Crippen LogP contribution in [0, 0.1) is 0 Å². The summed E-state index contributed by atoms with van der Waals surface area (Å²) in [5.41, 5.74) is 3.02. The molecule has 0 N–H and O–H groups in total. The van der Waals surface area contributed by atoms with Gasteiger partial charge in [0, 0.05) is 30.7 Å². The van der Waals surface area contributed by atoms with Crippen molar-refractivity contribution in [2.45, 2.75) is 26.2 Å². The summed E-state index contributed by atoms with van der Waals surface area (Å²) in [5, 5.41) is 13.0. The average molecular weight is 391 g/mol. The van der Waals surface area contributed by atoms with Gasteiger partial charge in [0.25, 0.3) is 0 Å². The van der Waals surface area contributed by atoms with E-state index in [4.69, 9.17) is 4.52 Å². The molecule has 0 radical (unpaired) electrons. The van der Waals surface area contributed by atoms with Crippen LogP contribution in [0.5, 0.6) is 0 Å². The third-order valence-corrected chi connectivity index (χ3v) is 4.57. The maximum atomic E-state index is 12.4. The minimum absolute atomic E-state index is 0.0965. The largest absolute Gasteiger partial charge is 0.339 e. The highest BCUT2D eigenvalue weighted by atomic mass is 16.5. The van der Waals surface area contributed by atoms with Crippen molar-refractivity contribution in [2.24, 2.45) is 5.10 Å². The summed E-state index contributed by atoms with van der Waals surface area (Å²) in [4.78, 5) is 16.8. The molecule has 0 unspecified atom stereocenters. The van der Waals surface area contributed by atoms with Crippen molar-refractivity contribution in [1.29, 1.82) is 0 Å². The first-order valence-corrected chi connectivity index (χ1v) is 9.57. The van der Waals surface area contributed by atoms with Crippen LogP contribution in [0.25, 0.3) is 17.1 Å². The molecule has 0 aliphatic carbocycles. The van der Waals surface area contributed by atoms with Crippen molar-refractivity contribution in [3.63, 3.8) is 0 Å². The molecule has 148 valence electrons. The number of quaternary nitrogens is 1. The number of aryl methyl sites for hydroxylation is 1. The van der Waals surface area contributed by atoms with Crippen LogP contribution < -0.4 is 5.43 Å².